The van der Waals surface area contributed by atoms with Crippen LogP contribution in [0.5, 0.6) is 0 Å². The molecule has 0 saturated carbocycles. The molecule has 0 fully saturated rings. The lowest BCUT2D eigenvalue weighted by Crippen LogP contribution is -2.25. The van der Waals surface area contributed by atoms with Crippen LogP contribution in [0, 0.1) is 0 Å². The third-order valence-corrected chi connectivity index (χ3v) is 3.98. The first-order chi connectivity index (χ1) is 8.66. The lowest BCUT2D eigenvalue weighted by atomic mass is 9.89. The maximum absolute atomic E-state index is 11.9. The van der Waals surface area contributed by atoms with Crippen molar-refractivity contribution in [2.24, 2.45) is 0 Å². The number of anilines is 1. The number of thiophene rings is 1. The summed E-state index contributed by atoms with van der Waals surface area (Å²) in [5, 5.41) is 11.5. The van der Waals surface area contributed by atoms with Gasteiger partial charge >= 0.3 is 0 Å². The van der Waals surface area contributed by atoms with Crippen LogP contribution >= 0.6 is 11.3 Å². The Morgan fingerprint density at radius 2 is 2.39 bits per heavy atom. The number of nitrogens with zero attached hydrogens (tertiary/aromatic N) is 2. The normalized spacial score (nSPS) is 18.8. The Kier molecular flexibility index (Phi) is 2.70. The first-order valence-corrected chi connectivity index (χ1v) is 7.00. The number of rotatable bonds is 2. The molecule has 5 heteroatoms. The fourth-order valence-electron chi connectivity index (χ4n) is 2.40. The van der Waals surface area contributed by atoms with E-state index in [9.17, 15) is 4.79 Å². The second kappa shape index (κ2) is 4.24. The Bertz CT molecular complexity index is 571. The van der Waals surface area contributed by atoms with Gasteiger partial charge < -0.3 is 5.32 Å². The molecular formula is C13H15N3OS. The number of carbonyl (C=O) groups is 1. The SMILES string of the molecule is CC(C)n1ncc2c1NC(=O)C[C@@H]2c1ccsc1. The van der Waals surface area contributed by atoms with Crippen LogP contribution < -0.4 is 5.32 Å². The predicted molar refractivity (Wildman–Crippen MR) is 72.0 cm³/mol. The van der Waals surface area contributed by atoms with Gasteiger partial charge in [0, 0.05) is 23.9 Å². The first-order valence-electron chi connectivity index (χ1n) is 6.06. The molecular weight excluding hydrogens is 246 g/mol. The molecule has 0 aliphatic carbocycles. The molecule has 1 amide bonds. The molecule has 1 aliphatic heterocycles. The highest BCUT2D eigenvalue weighted by Crippen LogP contribution is 2.38. The lowest BCUT2D eigenvalue weighted by Gasteiger charge is -2.23. The Morgan fingerprint density at radius 3 is 3.06 bits per heavy atom. The molecule has 4 nitrogen and oxygen atoms in total. The molecule has 2 aromatic heterocycles. The zero-order chi connectivity index (χ0) is 12.7. The molecule has 2 aromatic rings. The molecule has 1 aliphatic rings. The molecule has 0 unspecified atom stereocenters. The van der Waals surface area contributed by atoms with Crippen molar-refractivity contribution < 1.29 is 4.79 Å². The standard InChI is InChI=1S/C13H15N3OS/c1-8(2)16-13-11(6-14-16)10(5-12(17)15-13)9-3-4-18-7-9/h3-4,6-8,10H,5H2,1-2H3,(H,15,17)/t10-/m1/s1. The molecule has 3 heterocycles. The highest BCUT2D eigenvalue weighted by Gasteiger charge is 2.30. The first kappa shape index (κ1) is 11.5. The minimum Gasteiger partial charge on any atom is -0.311 e. The summed E-state index contributed by atoms with van der Waals surface area (Å²) in [6.45, 7) is 4.13. The molecule has 1 atom stereocenters. The average molecular weight is 261 g/mol. The van der Waals surface area contributed by atoms with Gasteiger partial charge in [0.25, 0.3) is 0 Å². The van der Waals surface area contributed by atoms with Gasteiger partial charge in [0.05, 0.1) is 6.20 Å². The van der Waals surface area contributed by atoms with Gasteiger partial charge in [-0.3, -0.25) is 4.79 Å². The smallest absolute Gasteiger partial charge is 0.226 e. The maximum atomic E-state index is 11.9. The molecule has 18 heavy (non-hydrogen) atoms. The van der Waals surface area contributed by atoms with E-state index in [1.165, 1.54) is 5.56 Å². The quantitative estimate of drug-likeness (QED) is 0.903. The maximum Gasteiger partial charge on any atom is 0.226 e. The zero-order valence-electron chi connectivity index (χ0n) is 10.4. The van der Waals surface area contributed by atoms with Gasteiger partial charge in [-0.1, -0.05) is 0 Å². The van der Waals surface area contributed by atoms with Crippen LogP contribution in [-0.4, -0.2) is 15.7 Å². The third-order valence-electron chi connectivity index (χ3n) is 3.28. The number of hydrogen-bond donors (Lipinski definition) is 1. The topological polar surface area (TPSA) is 46.9 Å². The fraction of sp³-hybridized carbons (Fsp3) is 0.385. The minimum absolute atomic E-state index is 0.0705. The fourth-order valence-corrected chi connectivity index (χ4v) is 3.11. The number of aromatic nitrogens is 2. The molecule has 0 bridgehead atoms. The van der Waals surface area contributed by atoms with Gasteiger partial charge in [-0.2, -0.15) is 16.4 Å². The van der Waals surface area contributed by atoms with E-state index in [0.717, 1.165) is 11.4 Å². The summed E-state index contributed by atoms with van der Waals surface area (Å²) >= 11 is 1.66. The summed E-state index contributed by atoms with van der Waals surface area (Å²) in [4.78, 5) is 11.9. The van der Waals surface area contributed by atoms with Crippen molar-refractivity contribution in [3.8, 4) is 0 Å². The van der Waals surface area contributed by atoms with Gasteiger partial charge in [-0.25, -0.2) is 4.68 Å². The van der Waals surface area contributed by atoms with Gasteiger partial charge in [-0.05, 0) is 36.2 Å². The van der Waals surface area contributed by atoms with Crippen molar-refractivity contribution in [1.29, 1.82) is 0 Å². The second-order valence-electron chi connectivity index (χ2n) is 4.85. The summed E-state index contributed by atoms with van der Waals surface area (Å²) in [7, 11) is 0. The number of fused-ring (bicyclic) bond motifs is 1. The van der Waals surface area contributed by atoms with E-state index in [1.54, 1.807) is 11.3 Å². The van der Waals surface area contributed by atoms with Crippen molar-refractivity contribution in [3.05, 3.63) is 34.2 Å². The lowest BCUT2D eigenvalue weighted by molar-refractivity contribution is -0.116. The van der Waals surface area contributed by atoms with E-state index in [0.29, 0.717) is 6.42 Å². The number of nitrogens with one attached hydrogen (secondary N) is 1. The largest absolute Gasteiger partial charge is 0.311 e. The molecule has 0 spiro atoms. The van der Waals surface area contributed by atoms with Crippen molar-refractivity contribution >= 4 is 23.1 Å². The molecule has 0 radical (unpaired) electrons. The van der Waals surface area contributed by atoms with Crippen LogP contribution in [0.4, 0.5) is 5.82 Å². The van der Waals surface area contributed by atoms with Crippen LogP contribution in [0.1, 0.15) is 43.4 Å². The predicted octanol–water partition coefficient (Wildman–Crippen LogP) is 3.00. The van der Waals surface area contributed by atoms with E-state index in [-0.39, 0.29) is 17.9 Å². The van der Waals surface area contributed by atoms with Crippen molar-refractivity contribution in [1.82, 2.24) is 9.78 Å². The van der Waals surface area contributed by atoms with Crippen molar-refractivity contribution in [2.45, 2.75) is 32.2 Å². The van der Waals surface area contributed by atoms with Crippen LogP contribution in [-0.2, 0) is 4.79 Å². The Balaban J connectivity index is 2.09. The Hall–Kier alpha value is -1.62. The van der Waals surface area contributed by atoms with Gasteiger partial charge in [-0.15, -0.1) is 0 Å². The van der Waals surface area contributed by atoms with Gasteiger partial charge in [0.2, 0.25) is 5.91 Å². The molecule has 3 rings (SSSR count). The average Bonchev–Trinajstić information content (AvgIpc) is 2.96. The Morgan fingerprint density at radius 1 is 1.56 bits per heavy atom. The van der Waals surface area contributed by atoms with Crippen molar-refractivity contribution in [3.63, 3.8) is 0 Å². The monoisotopic (exact) mass is 261 g/mol. The summed E-state index contributed by atoms with van der Waals surface area (Å²) in [6.07, 6.45) is 2.39. The van der Waals surface area contributed by atoms with E-state index in [4.69, 9.17) is 0 Å². The zero-order valence-corrected chi connectivity index (χ0v) is 11.2. The van der Waals surface area contributed by atoms with Crippen LogP contribution in [0.15, 0.2) is 23.0 Å². The van der Waals surface area contributed by atoms with E-state index < -0.39 is 0 Å². The molecule has 0 saturated heterocycles. The van der Waals surface area contributed by atoms with E-state index >= 15 is 0 Å². The number of carbonyl (C=O) groups excluding carboxylic acids is 1. The molecule has 1 N–H and O–H groups in total. The summed E-state index contributed by atoms with van der Waals surface area (Å²) in [5.74, 6) is 1.08. The second-order valence-corrected chi connectivity index (χ2v) is 5.63. The highest BCUT2D eigenvalue weighted by molar-refractivity contribution is 7.08. The van der Waals surface area contributed by atoms with Crippen LogP contribution in [0.3, 0.4) is 0 Å². The Labute approximate surface area is 110 Å². The van der Waals surface area contributed by atoms with Gasteiger partial charge in [0.1, 0.15) is 5.82 Å². The van der Waals surface area contributed by atoms with Crippen LogP contribution in [0.2, 0.25) is 0 Å². The number of hydrogen-bond acceptors (Lipinski definition) is 3. The third kappa shape index (κ3) is 1.75. The molecule has 94 valence electrons. The summed E-state index contributed by atoms with van der Waals surface area (Å²) in [5.41, 5.74) is 2.33. The van der Waals surface area contributed by atoms with E-state index in [1.807, 2.05) is 16.3 Å². The molecule has 0 aromatic carbocycles. The van der Waals surface area contributed by atoms with Crippen LogP contribution in [0.25, 0.3) is 0 Å². The van der Waals surface area contributed by atoms with E-state index in [2.05, 4.69) is 35.7 Å². The summed E-state index contributed by atoms with van der Waals surface area (Å²) in [6, 6.07) is 2.33. The summed E-state index contributed by atoms with van der Waals surface area (Å²) < 4.78 is 1.88. The minimum atomic E-state index is 0.0705. The number of amides is 1. The van der Waals surface area contributed by atoms with Gasteiger partial charge in [0.15, 0.2) is 0 Å². The highest BCUT2D eigenvalue weighted by atomic mass is 32.1. The van der Waals surface area contributed by atoms with Crippen molar-refractivity contribution in [2.75, 3.05) is 5.32 Å².